The van der Waals surface area contributed by atoms with Crippen molar-refractivity contribution >= 4 is 117 Å². The van der Waals surface area contributed by atoms with Gasteiger partial charge in [0.25, 0.3) is 11.4 Å². The smallest absolute Gasteiger partial charge is 0.423 e. The lowest BCUT2D eigenvalue weighted by atomic mass is 9.75. The number of benzene rings is 18. The molecule has 3 N–H and O–H groups in total. The number of halogens is 2. The molecule has 26 rings (SSSR count). The highest BCUT2D eigenvalue weighted by Gasteiger charge is 2.41. The number of rotatable bonds is 9. The topological polar surface area (TPSA) is 199 Å². The third-order valence-corrected chi connectivity index (χ3v) is 29.3. The zero-order chi connectivity index (χ0) is 97.3. The van der Waals surface area contributed by atoms with Crippen LogP contribution >= 0.6 is 27.5 Å². The minimum atomic E-state index is -1.41. The molecule has 684 valence electrons. The van der Waals surface area contributed by atoms with Gasteiger partial charge < -0.3 is 15.0 Å². The molecule has 0 radical (unpaired) electrons. The molecule has 0 spiro atoms. The van der Waals surface area contributed by atoms with Gasteiger partial charge in [0.05, 0.1) is 53.3 Å². The van der Waals surface area contributed by atoms with Crippen LogP contribution in [-0.4, -0.2) is 56.5 Å². The number of nitrogens with zero attached hydrogens (tertiary/aromatic N) is 7. The first-order valence-electron chi connectivity index (χ1n) is 47.1. The summed E-state index contributed by atoms with van der Waals surface area (Å²) in [6, 6.07) is 140. The third-order valence-electron chi connectivity index (χ3n) is 28.4. The fraction of sp³-hybridized carbons (Fsp3) is 0.0968. The van der Waals surface area contributed by atoms with Crippen LogP contribution in [0.3, 0.4) is 0 Å². The fourth-order valence-electron chi connectivity index (χ4n) is 21.2. The van der Waals surface area contributed by atoms with Gasteiger partial charge in [-0.15, -0.1) is 0 Å². The summed E-state index contributed by atoms with van der Waals surface area (Å²) >= 11 is 9.13. The van der Waals surface area contributed by atoms with Crippen molar-refractivity contribution in [3.63, 3.8) is 0 Å². The molecule has 22 aromatic rings. The maximum atomic E-state index is 11.3. The molecule has 0 aliphatic heterocycles. The highest BCUT2D eigenvalue weighted by Crippen LogP contribution is 2.55. The highest BCUT2D eigenvalue weighted by atomic mass is 79.9. The molecule has 0 saturated heterocycles. The number of nitrogens with one attached hydrogen (secondary N) is 1. The van der Waals surface area contributed by atoms with E-state index in [9.17, 15) is 30.3 Å². The van der Waals surface area contributed by atoms with Crippen molar-refractivity contribution in [3.8, 4) is 106 Å². The Balaban J connectivity index is 0.000000106. The summed E-state index contributed by atoms with van der Waals surface area (Å²) in [7, 11) is -1.41. The molecule has 4 aliphatic rings. The lowest BCUT2D eigenvalue weighted by Crippen LogP contribution is -2.31. The van der Waals surface area contributed by atoms with Crippen LogP contribution < -0.4 is 5.46 Å². The van der Waals surface area contributed by atoms with Crippen LogP contribution in [0.4, 0.5) is 11.4 Å². The van der Waals surface area contributed by atoms with Gasteiger partial charge >= 0.3 is 7.12 Å². The van der Waals surface area contributed by atoms with Crippen LogP contribution in [0.15, 0.2) is 417 Å². The number of para-hydroxylation sites is 6. The van der Waals surface area contributed by atoms with E-state index in [0.717, 1.165) is 66.5 Å². The molecular weight excluding hydrogens is 1820 g/mol. The Morgan fingerprint density at radius 2 is 0.674 bits per heavy atom. The molecular formula is C124H95BBrClN8O6. The number of nitro groups is 2. The molecule has 0 atom stereocenters. The fourth-order valence-corrected chi connectivity index (χ4v) is 21.8. The van der Waals surface area contributed by atoms with Crippen molar-refractivity contribution in [2.45, 2.75) is 77.0 Å². The summed E-state index contributed by atoms with van der Waals surface area (Å²) < 4.78 is 2.77. The van der Waals surface area contributed by atoms with E-state index in [1.54, 1.807) is 36.4 Å². The maximum Gasteiger partial charge on any atom is 0.488 e. The van der Waals surface area contributed by atoms with Gasteiger partial charge in [-0.25, -0.2) is 19.9 Å². The van der Waals surface area contributed by atoms with Gasteiger partial charge in [-0.05, 0) is 217 Å². The Hall–Kier alpha value is -16.2. The Bertz CT molecular complexity index is 8700. The van der Waals surface area contributed by atoms with Gasteiger partial charge in [0.15, 0.2) is 0 Å². The lowest BCUT2D eigenvalue weighted by molar-refractivity contribution is -0.385. The van der Waals surface area contributed by atoms with Crippen LogP contribution in [0.1, 0.15) is 99.9 Å². The molecule has 4 aliphatic carbocycles. The summed E-state index contributed by atoms with van der Waals surface area (Å²) in [5.74, 6) is 0.683. The zero-order valence-corrected chi connectivity index (χ0v) is 81.1. The zero-order valence-electron chi connectivity index (χ0n) is 78.8. The molecule has 0 saturated carbocycles. The molecule has 4 aromatic heterocycles. The standard InChI is InChI=1S/C41H29N3.C21H17NO2.C21H17N.C20H13ClN2.C15H15BO2.C6H4BrNO2/c1-41(2)34-17-9-6-14-29(34)32-25-38-33(24-35(32)41)30-15-8-11-19-37(30)44(38)40-42-36-18-10-7-16-31(36)39(43-40)28-22-20-27(21-23-28)26-12-4-3-5-13-26;1-21(2)18-9-5-3-8-16(18)17-12-11-14(13-19(17)21)15-7-4-6-10-20(15)22(23)24;1-21(2)17-9-5-3-7-13(17)15-12-20-16(11-18(15)21)14-8-4-6-10-19(14)22-20;21-20-22-18-9-5-4-8-17(18)19(23-20)16-12-10-15(11-13-16)14-6-2-1-3-7-14;1-15(2)13-6-4-3-5-11(13)12-8-7-10(16(17)18)9-14(12)15;7-5-3-1-2-4-6(5)8(9)10/h3-25H,1-2H3;3-13H,1-2H3;3-12,22H,1-2H3;1-13H;3-9,17-18H,1-2H3;1-4H. The van der Waals surface area contributed by atoms with Crippen molar-refractivity contribution < 1.29 is 19.9 Å². The largest absolute Gasteiger partial charge is 0.488 e. The number of nitro benzene ring substituents is 2. The van der Waals surface area contributed by atoms with E-state index in [2.05, 4.69) is 376 Å². The minimum Gasteiger partial charge on any atom is -0.423 e. The number of H-pyrrole nitrogens is 1. The molecule has 141 heavy (non-hydrogen) atoms. The van der Waals surface area contributed by atoms with E-state index < -0.39 is 12.0 Å². The third kappa shape index (κ3) is 16.7. The van der Waals surface area contributed by atoms with Crippen LogP contribution in [0.25, 0.3) is 172 Å². The second-order valence-corrected chi connectivity index (χ2v) is 39.3. The van der Waals surface area contributed by atoms with E-state index in [4.69, 9.17) is 21.6 Å². The summed E-state index contributed by atoms with van der Waals surface area (Å²) in [4.78, 5) is 43.6. The monoisotopic (exact) mass is 1920 g/mol. The van der Waals surface area contributed by atoms with Crippen LogP contribution in [0.5, 0.6) is 0 Å². The molecule has 0 amide bonds. The van der Waals surface area contributed by atoms with Gasteiger partial charge in [-0.3, -0.25) is 24.8 Å². The Kier molecular flexibility index (Phi) is 23.9. The predicted molar refractivity (Wildman–Crippen MR) is 582 cm³/mol. The average Bonchev–Trinajstić information content (AvgIpc) is 1.57. The number of fused-ring (bicyclic) bond motifs is 20. The van der Waals surface area contributed by atoms with Crippen molar-refractivity contribution in [2.24, 2.45) is 0 Å². The Morgan fingerprint density at radius 3 is 1.19 bits per heavy atom. The minimum absolute atomic E-state index is 0.0676. The van der Waals surface area contributed by atoms with Gasteiger partial charge in [0, 0.05) is 88.3 Å². The first kappa shape index (κ1) is 91.2. The number of hydrogen-bond donors (Lipinski definition) is 3. The van der Waals surface area contributed by atoms with E-state index in [-0.39, 0.29) is 43.2 Å². The van der Waals surface area contributed by atoms with Crippen molar-refractivity contribution in [1.29, 1.82) is 0 Å². The van der Waals surface area contributed by atoms with E-state index in [1.807, 2.05) is 84.9 Å². The molecule has 0 fully saturated rings. The predicted octanol–water partition coefficient (Wildman–Crippen LogP) is 31.2. The van der Waals surface area contributed by atoms with Crippen molar-refractivity contribution in [2.75, 3.05) is 0 Å². The summed E-state index contributed by atoms with van der Waals surface area (Å²) in [5, 5.41) is 47.5. The number of aromatic nitrogens is 6. The SMILES string of the molecule is CC1(C)c2ccccc2-c2cc3[nH]c4ccccc4c3cc21.CC1(C)c2ccccc2-c2cc3c(cc21)c1ccccc1n3-c1nc(-c2ccc(-c3ccccc3)cc2)c2ccccc2n1.CC1(C)c2ccccc2-c2ccc(-c3ccccc3[N+](=O)[O-])cc21.CC1(C)c2ccccc2-c2ccc(B(O)O)cc21.Clc1nc(-c2ccc(-c3ccccc3)cc2)c2ccccc2n1.O=[N+]([O-])c1ccccc1Br. The van der Waals surface area contributed by atoms with Gasteiger partial charge in [-0.2, -0.15) is 0 Å². The Labute approximate surface area is 830 Å². The lowest BCUT2D eigenvalue weighted by Gasteiger charge is -2.21. The number of hydrogen-bond acceptors (Lipinski definition) is 10. The quantitative estimate of drug-likeness (QED) is 0.0541. The van der Waals surface area contributed by atoms with Crippen LogP contribution in [-0.2, 0) is 21.7 Å². The summed E-state index contributed by atoms with van der Waals surface area (Å²) in [5.41, 5.74) is 38.2. The molecule has 18 aromatic carbocycles. The molecule has 0 unspecified atom stereocenters. The van der Waals surface area contributed by atoms with Gasteiger partial charge in [-0.1, -0.05) is 389 Å². The van der Waals surface area contributed by atoms with E-state index in [1.165, 1.54) is 144 Å². The molecule has 14 nitrogen and oxygen atoms in total. The van der Waals surface area contributed by atoms with E-state index >= 15 is 0 Å². The van der Waals surface area contributed by atoms with Crippen molar-refractivity contribution in [1.82, 2.24) is 29.5 Å². The maximum absolute atomic E-state index is 11.3. The highest BCUT2D eigenvalue weighted by molar-refractivity contribution is 9.10. The van der Waals surface area contributed by atoms with Gasteiger partial charge in [0.2, 0.25) is 11.2 Å². The molecule has 4 heterocycles. The average molecular weight is 1920 g/mol. The second-order valence-electron chi connectivity index (χ2n) is 38.1. The first-order valence-corrected chi connectivity index (χ1v) is 48.3. The van der Waals surface area contributed by atoms with Gasteiger partial charge in [0.1, 0.15) is 0 Å². The first-order chi connectivity index (χ1) is 68.3. The Morgan fingerprint density at radius 1 is 0.298 bits per heavy atom. The summed E-state index contributed by atoms with van der Waals surface area (Å²) in [6.45, 7) is 18.1. The normalized spacial score (nSPS) is 13.3. The second kappa shape index (κ2) is 36.9. The van der Waals surface area contributed by atoms with Crippen LogP contribution in [0.2, 0.25) is 5.28 Å². The van der Waals surface area contributed by atoms with Crippen LogP contribution in [0, 0.1) is 20.2 Å². The summed E-state index contributed by atoms with van der Waals surface area (Å²) in [6.07, 6.45) is 0. The van der Waals surface area contributed by atoms with E-state index in [0.29, 0.717) is 21.4 Å². The number of aromatic amines is 1. The molecule has 0 bridgehead atoms. The molecule has 17 heteroatoms. The van der Waals surface area contributed by atoms with Crippen molar-refractivity contribution in [3.05, 3.63) is 487 Å².